The molecule has 0 spiro atoms. The zero-order chi connectivity index (χ0) is 13.2. The van der Waals surface area contributed by atoms with E-state index >= 15 is 0 Å². The zero-order valence-corrected chi connectivity index (χ0v) is 11.9. The summed E-state index contributed by atoms with van der Waals surface area (Å²) in [7, 11) is 0. The highest BCUT2D eigenvalue weighted by Gasteiger charge is 2.01. The molecule has 18 heavy (non-hydrogen) atoms. The minimum absolute atomic E-state index is 0.781. The number of hydrogen-bond acceptors (Lipinski definition) is 1. The van der Waals surface area contributed by atoms with Crippen LogP contribution in [0.3, 0.4) is 0 Å². The molecular weight excluding hydrogens is 218 g/mol. The molecule has 0 aromatic heterocycles. The van der Waals surface area contributed by atoms with Crippen molar-refractivity contribution in [3.05, 3.63) is 42.0 Å². The average molecular weight is 245 g/mol. The molecule has 1 unspecified atom stereocenters. The van der Waals surface area contributed by atoms with Crippen LogP contribution in [0.5, 0.6) is 0 Å². The van der Waals surface area contributed by atoms with Gasteiger partial charge < -0.3 is 5.32 Å². The summed E-state index contributed by atoms with van der Waals surface area (Å²) in [5.41, 5.74) is 2.54. The van der Waals surface area contributed by atoms with Gasteiger partial charge in [0.2, 0.25) is 0 Å². The fourth-order valence-electron chi connectivity index (χ4n) is 2.08. The van der Waals surface area contributed by atoms with Crippen LogP contribution < -0.4 is 5.32 Å². The summed E-state index contributed by atoms with van der Waals surface area (Å²) >= 11 is 0. The van der Waals surface area contributed by atoms with E-state index in [-0.39, 0.29) is 0 Å². The van der Waals surface area contributed by atoms with Gasteiger partial charge >= 0.3 is 0 Å². The minimum Gasteiger partial charge on any atom is -0.312 e. The first-order valence-corrected chi connectivity index (χ1v) is 7.18. The predicted molar refractivity (Wildman–Crippen MR) is 81.5 cm³/mol. The smallest absolute Gasteiger partial charge is 0.0205 e. The lowest BCUT2D eigenvalue weighted by Gasteiger charge is -2.12. The van der Waals surface area contributed by atoms with E-state index in [1.807, 2.05) is 6.08 Å². The second-order valence-corrected chi connectivity index (χ2v) is 5.18. The molecule has 0 radical (unpaired) electrons. The van der Waals surface area contributed by atoms with E-state index in [2.05, 4.69) is 50.0 Å². The van der Waals surface area contributed by atoms with E-state index in [4.69, 9.17) is 0 Å². The van der Waals surface area contributed by atoms with Gasteiger partial charge in [-0.25, -0.2) is 0 Å². The van der Waals surface area contributed by atoms with Gasteiger partial charge in [0.15, 0.2) is 0 Å². The van der Waals surface area contributed by atoms with E-state index in [0.29, 0.717) is 0 Å². The normalized spacial score (nSPS) is 12.3. The Morgan fingerprint density at radius 1 is 1.22 bits per heavy atom. The van der Waals surface area contributed by atoms with Crippen LogP contribution in [-0.4, -0.2) is 6.54 Å². The first kappa shape index (κ1) is 15.0. The van der Waals surface area contributed by atoms with Gasteiger partial charge in [0.25, 0.3) is 0 Å². The Hall–Kier alpha value is -1.08. The molecule has 0 aliphatic carbocycles. The van der Waals surface area contributed by atoms with Crippen LogP contribution in [0.15, 0.2) is 30.8 Å². The molecular formula is C17H27N. The van der Waals surface area contributed by atoms with E-state index < -0.39 is 0 Å². The van der Waals surface area contributed by atoms with Crippen LogP contribution in [0.1, 0.15) is 50.7 Å². The topological polar surface area (TPSA) is 12.0 Å². The van der Waals surface area contributed by atoms with Crippen molar-refractivity contribution in [2.75, 3.05) is 6.54 Å². The van der Waals surface area contributed by atoms with Crippen LogP contribution in [0.25, 0.3) is 6.08 Å². The Morgan fingerprint density at radius 2 is 1.94 bits per heavy atom. The van der Waals surface area contributed by atoms with Crippen LogP contribution in [-0.2, 0) is 6.54 Å². The van der Waals surface area contributed by atoms with Gasteiger partial charge in [-0.15, -0.1) is 0 Å². The Kier molecular flexibility index (Phi) is 7.43. The third-order valence-corrected chi connectivity index (χ3v) is 3.34. The average Bonchev–Trinajstić information content (AvgIpc) is 2.40. The summed E-state index contributed by atoms with van der Waals surface area (Å²) in [5, 5.41) is 3.54. The number of nitrogens with one attached hydrogen (secondary N) is 1. The molecule has 0 amide bonds. The van der Waals surface area contributed by atoms with Crippen LogP contribution in [0, 0.1) is 5.92 Å². The van der Waals surface area contributed by atoms with Crippen molar-refractivity contribution in [2.24, 2.45) is 5.92 Å². The summed E-state index contributed by atoms with van der Waals surface area (Å²) in [6, 6.07) is 8.58. The fourth-order valence-corrected chi connectivity index (χ4v) is 2.08. The number of hydrogen-bond donors (Lipinski definition) is 1. The lowest BCUT2D eigenvalue weighted by molar-refractivity contribution is 0.457. The van der Waals surface area contributed by atoms with E-state index in [9.17, 15) is 0 Å². The minimum atomic E-state index is 0.781. The Bertz CT molecular complexity index is 326. The van der Waals surface area contributed by atoms with Gasteiger partial charge in [-0.05, 0) is 30.0 Å². The Labute approximate surface area is 112 Å². The lowest BCUT2D eigenvalue weighted by atomic mass is 10.0. The first-order chi connectivity index (χ1) is 8.76. The molecule has 1 nitrogen and oxygen atoms in total. The Morgan fingerprint density at radius 3 is 2.56 bits per heavy atom. The summed E-state index contributed by atoms with van der Waals surface area (Å²) < 4.78 is 0. The molecule has 1 rings (SSSR count). The standard InChI is InChI=1S/C17H27N/c1-4-6-7-8-15(3)13-18-14-17-11-9-16(5-2)10-12-17/h5,9-12,15,18H,2,4,6-8,13-14H2,1,3H3. The summed E-state index contributed by atoms with van der Waals surface area (Å²) in [5.74, 6) is 0.781. The van der Waals surface area contributed by atoms with Crippen molar-refractivity contribution in [2.45, 2.75) is 46.1 Å². The van der Waals surface area contributed by atoms with E-state index in [0.717, 1.165) is 19.0 Å². The third-order valence-electron chi connectivity index (χ3n) is 3.34. The monoisotopic (exact) mass is 245 g/mol. The van der Waals surface area contributed by atoms with Gasteiger partial charge in [0.05, 0.1) is 0 Å². The van der Waals surface area contributed by atoms with Crippen molar-refractivity contribution in [3.8, 4) is 0 Å². The highest BCUT2D eigenvalue weighted by molar-refractivity contribution is 5.47. The number of benzene rings is 1. The summed E-state index contributed by atoms with van der Waals surface area (Å²) in [6.07, 6.45) is 7.28. The predicted octanol–water partition coefficient (Wildman–Crippen LogP) is 4.64. The van der Waals surface area contributed by atoms with E-state index in [1.165, 1.54) is 36.8 Å². The second kappa shape index (κ2) is 8.93. The van der Waals surface area contributed by atoms with Gasteiger partial charge in [0, 0.05) is 6.54 Å². The maximum Gasteiger partial charge on any atom is 0.0205 e. The van der Waals surface area contributed by atoms with Gasteiger partial charge in [-0.3, -0.25) is 0 Å². The maximum absolute atomic E-state index is 3.77. The van der Waals surface area contributed by atoms with Gasteiger partial charge in [-0.1, -0.05) is 70.0 Å². The molecule has 0 saturated heterocycles. The van der Waals surface area contributed by atoms with Gasteiger partial charge in [-0.2, -0.15) is 0 Å². The fraction of sp³-hybridized carbons (Fsp3) is 0.529. The SMILES string of the molecule is C=Cc1ccc(CNCC(C)CCCCC)cc1. The molecule has 1 atom stereocenters. The van der Waals surface area contributed by atoms with Crippen LogP contribution in [0.4, 0.5) is 0 Å². The third kappa shape index (κ3) is 6.02. The van der Waals surface area contributed by atoms with Gasteiger partial charge in [0.1, 0.15) is 0 Å². The van der Waals surface area contributed by atoms with E-state index in [1.54, 1.807) is 0 Å². The Balaban J connectivity index is 2.18. The van der Waals surface area contributed by atoms with Crippen LogP contribution in [0.2, 0.25) is 0 Å². The highest BCUT2D eigenvalue weighted by Crippen LogP contribution is 2.09. The molecule has 1 heteroatoms. The van der Waals surface area contributed by atoms with Crippen molar-refractivity contribution >= 4 is 6.08 Å². The molecule has 0 fully saturated rings. The highest BCUT2D eigenvalue weighted by atomic mass is 14.9. The second-order valence-electron chi connectivity index (χ2n) is 5.18. The lowest BCUT2D eigenvalue weighted by Crippen LogP contribution is -2.20. The van der Waals surface area contributed by atoms with Crippen molar-refractivity contribution < 1.29 is 0 Å². The summed E-state index contributed by atoms with van der Waals surface area (Å²) in [4.78, 5) is 0. The molecule has 1 aromatic rings. The molecule has 0 aliphatic rings. The van der Waals surface area contributed by atoms with Crippen molar-refractivity contribution in [1.82, 2.24) is 5.32 Å². The molecule has 0 aliphatic heterocycles. The number of unbranched alkanes of at least 4 members (excludes halogenated alkanes) is 2. The molecule has 1 aromatic carbocycles. The van der Waals surface area contributed by atoms with Crippen molar-refractivity contribution in [3.63, 3.8) is 0 Å². The molecule has 1 N–H and O–H groups in total. The molecule has 0 heterocycles. The molecule has 100 valence electrons. The number of rotatable bonds is 9. The van der Waals surface area contributed by atoms with Crippen LogP contribution >= 0.6 is 0 Å². The van der Waals surface area contributed by atoms with Crippen molar-refractivity contribution in [1.29, 1.82) is 0 Å². The molecule has 0 saturated carbocycles. The summed E-state index contributed by atoms with van der Waals surface area (Å²) in [6.45, 7) is 10.4. The first-order valence-electron chi connectivity index (χ1n) is 7.18. The maximum atomic E-state index is 3.77. The quantitative estimate of drug-likeness (QED) is 0.625. The largest absolute Gasteiger partial charge is 0.312 e. The zero-order valence-electron chi connectivity index (χ0n) is 11.9. The molecule has 0 bridgehead atoms.